The third-order valence-corrected chi connectivity index (χ3v) is 4.90. The predicted octanol–water partition coefficient (Wildman–Crippen LogP) is 2.18. The molecule has 1 aliphatic heterocycles. The fourth-order valence-corrected chi connectivity index (χ4v) is 3.78. The molecule has 8 heteroatoms. The zero-order valence-corrected chi connectivity index (χ0v) is 14.9. The fourth-order valence-electron chi connectivity index (χ4n) is 3.78. The molecule has 0 fully saturated rings. The van der Waals surface area contributed by atoms with Crippen molar-refractivity contribution in [2.75, 3.05) is 26.6 Å². The van der Waals surface area contributed by atoms with Gasteiger partial charge in [0.2, 0.25) is 11.7 Å². The molecule has 0 spiro atoms. The van der Waals surface area contributed by atoms with Crippen LogP contribution in [0.3, 0.4) is 0 Å². The molecular weight excluding hydrogens is 336 g/mol. The van der Waals surface area contributed by atoms with E-state index in [-0.39, 0.29) is 17.7 Å². The zero-order valence-electron chi connectivity index (χ0n) is 14.9. The number of benzene rings is 1. The van der Waals surface area contributed by atoms with E-state index in [4.69, 9.17) is 14.2 Å². The minimum Gasteiger partial charge on any atom is -0.493 e. The lowest BCUT2D eigenvalue weighted by atomic mass is 9.80. The van der Waals surface area contributed by atoms with Crippen LogP contribution in [0.25, 0.3) is 0 Å². The van der Waals surface area contributed by atoms with Gasteiger partial charge in [-0.3, -0.25) is 4.79 Å². The highest BCUT2D eigenvalue weighted by molar-refractivity contribution is 5.87. The molecule has 136 valence electrons. The molecule has 1 aliphatic carbocycles. The van der Waals surface area contributed by atoms with E-state index >= 15 is 0 Å². The summed E-state index contributed by atoms with van der Waals surface area (Å²) < 4.78 is 18.3. The minimum absolute atomic E-state index is 0.165. The van der Waals surface area contributed by atoms with Crippen LogP contribution in [0, 0.1) is 5.92 Å². The second kappa shape index (κ2) is 6.36. The first-order valence-corrected chi connectivity index (χ1v) is 8.37. The number of rotatable bonds is 4. The van der Waals surface area contributed by atoms with Crippen LogP contribution in [0.1, 0.15) is 24.4 Å². The highest BCUT2D eigenvalue weighted by Gasteiger charge is 2.42. The van der Waals surface area contributed by atoms with Crippen molar-refractivity contribution in [1.82, 2.24) is 14.8 Å². The summed E-state index contributed by atoms with van der Waals surface area (Å²) in [7, 11) is 4.71. The molecule has 4 rings (SSSR count). The monoisotopic (exact) mass is 356 g/mol. The molecule has 0 radical (unpaired) electrons. The Morgan fingerprint density at radius 1 is 1.15 bits per heavy atom. The van der Waals surface area contributed by atoms with Crippen molar-refractivity contribution in [3.8, 4) is 17.2 Å². The molecular formula is C18H20N4O4. The van der Waals surface area contributed by atoms with Gasteiger partial charge in [-0.1, -0.05) is 6.08 Å². The summed E-state index contributed by atoms with van der Waals surface area (Å²) in [5.41, 5.74) is 1.66. The average Bonchev–Trinajstić information content (AvgIpc) is 3.13. The van der Waals surface area contributed by atoms with Gasteiger partial charge in [0.15, 0.2) is 11.5 Å². The highest BCUT2D eigenvalue weighted by atomic mass is 16.5. The Morgan fingerprint density at radius 3 is 2.69 bits per heavy atom. The number of carbonyl (C=O) groups excluding carboxylic acids is 1. The first kappa shape index (κ1) is 16.4. The number of aromatic nitrogens is 3. The fraction of sp³-hybridized carbons (Fsp3) is 0.389. The van der Waals surface area contributed by atoms with Crippen LogP contribution < -0.4 is 19.5 Å². The molecule has 0 saturated carbocycles. The van der Waals surface area contributed by atoms with Crippen LogP contribution in [0.4, 0.5) is 5.95 Å². The summed E-state index contributed by atoms with van der Waals surface area (Å²) in [4.78, 5) is 17.1. The Hall–Kier alpha value is -3.03. The molecule has 1 aromatic heterocycles. The van der Waals surface area contributed by atoms with E-state index in [2.05, 4.69) is 21.5 Å². The van der Waals surface area contributed by atoms with E-state index < -0.39 is 0 Å². The average molecular weight is 356 g/mol. The summed E-state index contributed by atoms with van der Waals surface area (Å²) in [6.07, 6.45) is 4.77. The maximum Gasteiger partial charge on any atom is 0.226 e. The van der Waals surface area contributed by atoms with Gasteiger partial charge < -0.3 is 19.5 Å². The van der Waals surface area contributed by atoms with Gasteiger partial charge >= 0.3 is 0 Å². The number of fused-ring (bicyclic) bond motifs is 2. The van der Waals surface area contributed by atoms with Crippen molar-refractivity contribution in [1.29, 1.82) is 0 Å². The van der Waals surface area contributed by atoms with Crippen LogP contribution in [0.2, 0.25) is 0 Å². The van der Waals surface area contributed by atoms with Gasteiger partial charge in [0.05, 0.1) is 33.3 Å². The first-order chi connectivity index (χ1) is 12.7. The van der Waals surface area contributed by atoms with Gasteiger partial charge in [-0.15, -0.1) is 0 Å². The van der Waals surface area contributed by atoms with Gasteiger partial charge in [-0.05, 0) is 18.6 Å². The molecule has 1 aromatic carbocycles. The Balaban J connectivity index is 1.95. The molecule has 2 unspecified atom stereocenters. The molecule has 1 N–H and O–H groups in total. The Kier molecular flexibility index (Phi) is 4.02. The van der Waals surface area contributed by atoms with Crippen LogP contribution in [0.15, 0.2) is 30.2 Å². The number of nitrogens with one attached hydrogen (secondary N) is 1. The van der Waals surface area contributed by atoms with Crippen molar-refractivity contribution < 1.29 is 19.0 Å². The Bertz CT molecular complexity index is 889. The number of hydrogen-bond donors (Lipinski definition) is 1. The van der Waals surface area contributed by atoms with E-state index in [0.29, 0.717) is 29.6 Å². The quantitative estimate of drug-likeness (QED) is 0.898. The third kappa shape index (κ3) is 2.33. The molecule has 2 heterocycles. The second-order valence-corrected chi connectivity index (χ2v) is 6.16. The number of hydrogen-bond acceptors (Lipinski definition) is 7. The summed E-state index contributed by atoms with van der Waals surface area (Å²) in [5, 5.41) is 7.58. The van der Waals surface area contributed by atoms with Crippen molar-refractivity contribution in [3.63, 3.8) is 0 Å². The summed E-state index contributed by atoms with van der Waals surface area (Å²) in [6.45, 7) is 0. The van der Waals surface area contributed by atoms with Gasteiger partial charge in [0, 0.05) is 17.7 Å². The number of ketones is 1. The summed E-state index contributed by atoms with van der Waals surface area (Å²) >= 11 is 0. The van der Waals surface area contributed by atoms with Gasteiger partial charge in [-0.25, -0.2) is 4.68 Å². The summed E-state index contributed by atoms with van der Waals surface area (Å²) in [6, 6.07) is 3.33. The molecule has 2 aliphatic rings. The van der Waals surface area contributed by atoms with Crippen LogP contribution in [-0.4, -0.2) is 41.9 Å². The number of carbonyl (C=O) groups is 1. The lowest BCUT2D eigenvalue weighted by molar-refractivity contribution is -0.123. The van der Waals surface area contributed by atoms with Crippen molar-refractivity contribution in [2.45, 2.75) is 18.9 Å². The van der Waals surface area contributed by atoms with Crippen molar-refractivity contribution in [2.24, 2.45) is 5.92 Å². The molecule has 8 nitrogen and oxygen atoms in total. The Morgan fingerprint density at radius 2 is 1.96 bits per heavy atom. The zero-order chi connectivity index (χ0) is 18.3. The number of methoxy groups -OCH3 is 3. The van der Waals surface area contributed by atoms with Crippen LogP contribution >= 0.6 is 0 Å². The maximum absolute atomic E-state index is 12.8. The minimum atomic E-state index is -0.373. The van der Waals surface area contributed by atoms with E-state index in [0.717, 1.165) is 17.7 Å². The largest absolute Gasteiger partial charge is 0.493 e. The topological polar surface area (TPSA) is 87.5 Å². The van der Waals surface area contributed by atoms with Crippen molar-refractivity contribution >= 4 is 11.7 Å². The van der Waals surface area contributed by atoms with Gasteiger partial charge in [-0.2, -0.15) is 10.1 Å². The molecule has 2 atom stereocenters. The number of anilines is 1. The molecule has 0 bridgehead atoms. The third-order valence-electron chi connectivity index (χ3n) is 4.90. The Labute approximate surface area is 150 Å². The van der Waals surface area contributed by atoms with Crippen LogP contribution in [-0.2, 0) is 4.79 Å². The van der Waals surface area contributed by atoms with Crippen molar-refractivity contribution in [3.05, 3.63) is 35.8 Å². The number of nitrogens with zero attached hydrogens (tertiary/aromatic N) is 3. The molecule has 0 amide bonds. The first-order valence-electron chi connectivity index (χ1n) is 8.37. The van der Waals surface area contributed by atoms with Gasteiger partial charge in [0.25, 0.3) is 0 Å². The molecule has 0 saturated heterocycles. The number of ether oxygens (including phenoxy) is 3. The maximum atomic E-state index is 12.8. The standard InChI is InChI=1S/C18H20N4O4/c1-24-13-8-7-10(16(25-2)17(13)26-3)15-14-11(5-4-6-12(14)23)21-18-19-9-20-22(15)18/h5,7-9,14-15H,4,6H2,1-3H3,(H,19,20,21). The van der Waals surface area contributed by atoms with E-state index in [1.807, 2.05) is 12.1 Å². The van der Waals surface area contributed by atoms with Crippen LogP contribution in [0.5, 0.6) is 17.2 Å². The van der Waals surface area contributed by atoms with E-state index in [9.17, 15) is 4.79 Å². The lowest BCUT2D eigenvalue weighted by Crippen LogP contribution is -2.39. The summed E-state index contributed by atoms with van der Waals surface area (Å²) in [5.74, 6) is 1.97. The normalized spacial score (nSPS) is 21.2. The lowest BCUT2D eigenvalue weighted by Gasteiger charge is -2.36. The number of allylic oxidation sites excluding steroid dienone is 2. The highest BCUT2D eigenvalue weighted by Crippen LogP contribution is 2.48. The van der Waals surface area contributed by atoms with Gasteiger partial charge in [0.1, 0.15) is 12.1 Å². The number of Topliss-reactive ketones (excluding diaryl/α,β-unsaturated/α-hetero) is 1. The van der Waals surface area contributed by atoms with E-state index in [1.165, 1.54) is 6.33 Å². The smallest absolute Gasteiger partial charge is 0.226 e. The SMILES string of the molecule is COc1ccc(C2C3C(=O)CCC=C3Nc3ncnn32)c(OC)c1OC. The second-order valence-electron chi connectivity index (χ2n) is 6.16. The van der Waals surface area contributed by atoms with E-state index in [1.54, 1.807) is 26.0 Å². The molecule has 26 heavy (non-hydrogen) atoms. The molecule has 2 aromatic rings. The predicted molar refractivity (Wildman–Crippen MR) is 93.7 cm³/mol.